The summed E-state index contributed by atoms with van der Waals surface area (Å²) in [6, 6.07) is 4.39. The molecule has 1 aliphatic rings. The molecule has 1 saturated carbocycles. The SMILES string of the molecule is CCC(=O)CCc1ccc(O[C@H]2C[C@H](NC(C)S)C2)nc1. The van der Waals surface area contributed by atoms with Crippen molar-refractivity contribution in [2.45, 2.75) is 63.5 Å². The first-order valence-corrected chi connectivity index (χ1v) is 8.16. The third-order valence-electron chi connectivity index (χ3n) is 3.74. The second-order valence-electron chi connectivity index (χ2n) is 5.65. The van der Waals surface area contributed by atoms with E-state index in [9.17, 15) is 4.79 Å². The van der Waals surface area contributed by atoms with Gasteiger partial charge in [-0.05, 0) is 31.7 Å². The monoisotopic (exact) mass is 308 g/mol. The van der Waals surface area contributed by atoms with Crippen LogP contribution in [0.5, 0.6) is 5.88 Å². The smallest absolute Gasteiger partial charge is 0.213 e. The van der Waals surface area contributed by atoms with Gasteiger partial charge in [0.05, 0.1) is 0 Å². The van der Waals surface area contributed by atoms with Gasteiger partial charge in [0.25, 0.3) is 0 Å². The van der Waals surface area contributed by atoms with Crippen molar-refractivity contribution in [3.05, 3.63) is 23.9 Å². The quantitative estimate of drug-likeness (QED) is 0.573. The summed E-state index contributed by atoms with van der Waals surface area (Å²) in [6.45, 7) is 3.92. The molecule has 1 aromatic rings. The zero-order valence-electron chi connectivity index (χ0n) is 12.7. The maximum absolute atomic E-state index is 11.3. The van der Waals surface area contributed by atoms with E-state index in [1.807, 2.05) is 32.2 Å². The zero-order chi connectivity index (χ0) is 15.2. The second-order valence-corrected chi connectivity index (χ2v) is 6.42. The van der Waals surface area contributed by atoms with Gasteiger partial charge in [-0.15, -0.1) is 0 Å². The van der Waals surface area contributed by atoms with E-state index in [2.05, 4.69) is 22.9 Å². The van der Waals surface area contributed by atoms with E-state index in [0.29, 0.717) is 30.5 Å². The Kier molecular flexibility index (Phi) is 6.06. The van der Waals surface area contributed by atoms with Gasteiger partial charge in [0.2, 0.25) is 5.88 Å². The van der Waals surface area contributed by atoms with Crippen LogP contribution in [0.1, 0.15) is 45.1 Å². The molecule has 21 heavy (non-hydrogen) atoms. The Morgan fingerprint density at radius 1 is 1.52 bits per heavy atom. The average Bonchev–Trinajstić information content (AvgIpc) is 2.43. The van der Waals surface area contributed by atoms with Crippen LogP contribution in [-0.2, 0) is 11.2 Å². The summed E-state index contributed by atoms with van der Waals surface area (Å²) < 4.78 is 5.82. The van der Waals surface area contributed by atoms with Gasteiger partial charge >= 0.3 is 0 Å². The van der Waals surface area contributed by atoms with Gasteiger partial charge in [-0.3, -0.25) is 4.79 Å². The molecule has 2 rings (SSSR count). The Bertz CT molecular complexity index is 456. The fraction of sp³-hybridized carbons (Fsp3) is 0.625. The standard InChI is InChI=1S/C16H24N2O2S/c1-3-14(19)6-4-12-5-7-16(17-10-12)20-15-8-13(9-15)18-11(2)21/h5,7,10-11,13,15,18,21H,3-4,6,8-9H2,1-2H3/t11?,13-,15-. The van der Waals surface area contributed by atoms with E-state index in [1.54, 1.807) is 0 Å². The van der Waals surface area contributed by atoms with Crippen LogP contribution in [0.4, 0.5) is 0 Å². The molecule has 1 unspecified atom stereocenters. The summed E-state index contributed by atoms with van der Waals surface area (Å²) in [4.78, 5) is 15.6. The lowest BCUT2D eigenvalue weighted by atomic mass is 9.89. The predicted octanol–water partition coefficient (Wildman–Crippen LogP) is 2.77. The third-order valence-corrected chi connectivity index (χ3v) is 3.89. The lowest BCUT2D eigenvalue weighted by Gasteiger charge is -2.36. The number of nitrogens with zero attached hydrogens (tertiary/aromatic N) is 1. The minimum Gasteiger partial charge on any atom is -0.474 e. The van der Waals surface area contributed by atoms with Crippen molar-refractivity contribution in [1.82, 2.24) is 10.3 Å². The van der Waals surface area contributed by atoms with E-state index in [-0.39, 0.29) is 11.5 Å². The Hall–Kier alpha value is -1.07. The van der Waals surface area contributed by atoms with Crippen LogP contribution in [0.2, 0.25) is 0 Å². The van der Waals surface area contributed by atoms with E-state index in [1.165, 1.54) is 0 Å². The number of ether oxygens (including phenoxy) is 1. The van der Waals surface area contributed by atoms with Crippen molar-refractivity contribution in [3.8, 4) is 5.88 Å². The number of rotatable bonds is 8. The highest BCUT2D eigenvalue weighted by Crippen LogP contribution is 2.25. The number of ketones is 1. The van der Waals surface area contributed by atoms with Gasteiger partial charge in [-0.25, -0.2) is 4.98 Å². The lowest BCUT2D eigenvalue weighted by Crippen LogP contribution is -2.48. The number of thiol groups is 1. The normalized spacial score (nSPS) is 22.4. The molecule has 1 atom stereocenters. The summed E-state index contributed by atoms with van der Waals surface area (Å²) >= 11 is 4.32. The molecule has 1 fully saturated rings. The van der Waals surface area contributed by atoms with Crippen LogP contribution in [0.25, 0.3) is 0 Å². The van der Waals surface area contributed by atoms with Gasteiger partial charge in [-0.2, -0.15) is 12.6 Å². The summed E-state index contributed by atoms with van der Waals surface area (Å²) in [5.41, 5.74) is 1.08. The molecule has 4 nitrogen and oxygen atoms in total. The van der Waals surface area contributed by atoms with Gasteiger partial charge < -0.3 is 10.1 Å². The zero-order valence-corrected chi connectivity index (χ0v) is 13.6. The molecule has 5 heteroatoms. The van der Waals surface area contributed by atoms with E-state index < -0.39 is 0 Å². The number of aryl methyl sites for hydroxylation is 1. The summed E-state index contributed by atoms with van der Waals surface area (Å²) in [5.74, 6) is 0.963. The van der Waals surface area contributed by atoms with Crippen LogP contribution in [-0.4, -0.2) is 28.3 Å². The number of carbonyl (C=O) groups is 1. The number of hydrogen-bond acceptors (Lipinski definition) is 5. The highest BCUT2D eigenvalue weighted by molar-refractivity contribution is 7.80. The average molecular weight is 308 g/mol. The molecule has 1 aliphatic carbocycles. The van der Waals surface area contributed by atoms with Crippen LogP contribution in [0.3, 0.4) is 0 Å². The molecule has 0 amide bonds. The number of nitrogens with one attached hydrogen (secondary N) is 1. The third kappa shape index (κ3) is 5.32. The van der Waals surface area contributed by atoms with Crippen molar-refractivity contribution in [2.24, 2.45) is 0 Å². The molecule has 0 aromatic carbocycles. The van der Waals surface area contributed by atoms with Crippen molar-refractivity contribution >= 4 is 18.4 Å². The maximum atomic E-state index is 11.3. The van der Waals surface area contributed by atoms with Gasteiger partial charge in [-0.1, -0.05) is 13.0 Å². The van der Waals surface area contributed by atoms with Crippen LogP contribution >= 0.6 is 12.6 Å². The summed E-state index contributed by atoms with van der Waals surface area (Å²) in [6.07, 6.45) is 6.01. The van der Waals surface area contributed by atoms with Crippen molar-refractivity contribution in [2.75, 3.05) is 0 Å². The number of aromatic nitrogens is 1. The number of Topliss-reactive ketones (excluding diaryl/α,β-unsaturated/α-hetero) is 1. The molecule has 0 bridgehead atoms. The molecule has 116 valence electrons. The first-order chi connectivity index (χ1) is 10.1. The fourth-order valence-corrected chi connectivity index (χ4v) is 2.61. The molecule has 0 radical (unpaired) electrons. The van der Waals surface area contributed by atoms with Crippen LogP contribution < -0.4 is 10.1 Å². The molecule has 1 aromatic heterocycles. The first-order valence-electron chi connectivity index (χ1n) is 7.64. The topological polar surface area (TPSA) is 51.2 Å². The largest absolute Gasteiger partial charge is 0.474 e. The number of hydrogen-bond donors (Lipinski definition) is 2. The highest BCUT2D eigenvalue weighted by Gasteiger charge is 2.31. The molecule has 0 saturated heterocycles. The highest BCUT2D eigenvalue weighted by atomic mass is 32.1. The summed E-state index contributed by atoms with van der Waals surface area (Å²) in [7, 11) is 0. The molecule has 1 heterocycles. The minimum atomic E-state index is 0.221. The molecule has 0 spiro atoms. The first kappa shape index (κ1) is 16.3. The van der Waals surface area contributed by atoms with Crippen molar-refractivity contribution in [3.63, 3.8) is 0 Å². The Morgan fingerprint density at radius 3 is 2.86 bits per heavy atom. The van der Waals surface area contributed by atoms with E-state index >= 15 is 0 Å². The van der Waals surface area contributed by atoms with Gasteiger partial charge in [0.1, 0.15) is 11.9 Å². The van der Waals surface area contributed by atoms with Crippen LogP contribution in [0.15, 0.2) is 18.3 Å². The van der Waals surface area contributed by atoms with Gasteiger partial charge in [0, 0.05) is 36.5 Å². The second kappa shape index (κ2) is 7.80. The van der Waals surface area contributed by atoms with Crippen molar-refractivity contribution < 1.29 is 9.53 Å². The Labute approximate surface area is 132 Å². The summed E-state index contributed by atoms with van der Waals surface area (Å²) in [5, 5.41) is 3.59. The van der Waals surface area contributed by atoms with E-state index in [4.69, 9.17) is 4.74 Å². The molecule has 1 N–H and O–H groups in total. The number of carbonyl (C=O) groups excluding carboxylic acids is 1. The van der Waals surface area contributed by atoms with E-state index in [0.717, 1.165) is 24.8 Å². The minimum absolute atomic E-state index is 0.221. The fourth-order valence-electron chi connectivity index (χ4n) is 2.40. The predicted molar refractivity (Wildman–Crippen MR) is 86.9 cm³/mol. The molecule has 0 aliphatic heterocycles. The lowest BCUT2D eigenvalue weighted by molar-refractivity contribution is -0.118. The van der Waals surface area contributed by atoms with Crippen molar-refractivity contribution in [1.29, 1.82) is 0 Å². The molecular weight excluding hydrogens is 284 g/mol. The maximum Gasteiger partial charge on any atom is 0.213 e. The number of pyridine rings is 1. The Balaban J connectivity index is 1.72. The van der Waals surface area contributed by atoms with Gasteiger partial charge in [0.15, 0.2) is 0 Å². The Morgan fingerprint density at radius 2 is 2.29 bits per heavy atom. The molecular formula is C16H24N2O2S. The van der Waals surface area contributed by atoms with Crippen LogP contribution in [0, 0.1) is 0 Å².